The number of benzene rings is 2. The highest BCUT2D eigenvalue weighted by Crippen LogP contribution is 2.26. The van der Waals surface area contributed by atoms with Crippen LogP contribution in [-0.4, -0.2) is 35.2 Å². The van der Waals surface area contributed by atoms with Crippen molar-refractivity contribution in [3.63, 3.8) is 0 Å². The van der Waals surface area contributed by atoms with Gasteiger partial charge < -0.3 is 15.5 Å². The molecule has 2 aromatic carbocycles. The Balaban J connectivity index is 0.000000409. The molecule has 0 bridgehead atoms. The van der Waals surface area contributed by atoms with Gasteiger partial charge in [0.2, 0.25) is 0 Å². The molecule has 1 saturated heterocycles. The zero-order valence-electron chi connectivity index (χ0n) is 15.4. The van der Waals surface area contributed by atoms with Gasteiger partial charge in [0.25, 0.3) is 0 Å². The number of carboxylic acids is 2. The summed E-state index contributed by atoms with van der Waals surface area (Å²) in [6, 6.07) is 19.3. The van der Waals surface area contributed by atoms with Crippen LogP contribution in [-0.2, 0) is 9.59 Å². The molecule has 1 aliphatic rings. The number of rotatable bonds is 5. The molecule has 5 N–H and O–H groups in total. The lowest BCUT2D eigenvalue weighted by atomic mass is 9.94. The number of hydrazine groups is 1. The molecule has 3 unspecified atom stereocenters. The Morgan fingerprint density at radius 2 is 1.71 bits per heavy atom. The van der Waals surface area contributed by atoms with Crippen LogP contribution in [0.3, 0.4) is 0 Å². The quantitative estimate of drug-likeness (QED) is 0.486. The van der Waals surface area contributed by atoms with E-state index >= 15 is 0 Å². The van der Waals surface area contributed by atoms with Gasteiger partial charge in [-0.3, -0.25) is 5.43 Å². The molecule has 1 heterocycles. The highest BCUT2D eigenvalue weighted by atomic mass is 35.5. The van der Waals surface area contributed by atoms with Crippen LogP contribution < -0.4 is 16.2 Å². The number of hydrogen-bond acceptors (Lipinski definition) is 5. The number of hydrogen-bond donors (Lipinski definition) is 5. The molecule has 1 aliphatic heterocycles. The molecule has 0 amide bonds. The number of nitrogens with one attached hydrogen (secondary N) is 3. The monoisotopic (exact) mass is 405 g/mol. The average molecular weight is 406 g/mol. The second kappa shape index (κ2) is 10.8. The minimum atomic E-state index is -1.82. The number of carboxylic acid groups (broad SMARTS) is 2. The number of aliphatic carboxylic acids is 2. The molecule has 0 saturated carbocycles. The molecule has 0 aliphatic carbocycles. The molecule has 0 aromatic heterocycles. The van der Waals surface area contributed by atoms with Gasteiger partial charge in [-0.1, -0.05) is 54.1 Å². The Hall–Kier alpha value is -2.45. The maximum atomic E-state index is 9.10. The Morgan fingerprint density at radius 1 is 1.11 bits per heavy atom. The van der Waals surface area contributed by atoms with Crippen molar-refractivity contribution in [2.75, 3.05) is 13.1 Å². The van der Waals surface area contributed by atoms with Gasteiger partial charge in [-0.2, -0.15) is 0 Å². The van der Waals surface area contributed by atoms with Crippen LogP contribution in [0.15, 0.2) is 54.6 Å². The molecule has 3 atom stereocenters. The van der Waals surface area contributed by atoms with Crippen molar-refractivity contribution in [1.82, 2.24) is 16.2 Å². The van der Waals surface area contributed by atoms with Crippen LogP contribution in [0.4, 0.5) is 0 Å². The van der Waals surface area contributed by atoms with Crippen LogP contribution in [0.5, 0.6) is 0 Å². The predicted molar refractivity (Wildman–Crippen MR) is 107 cm³/mol. The fraction of sp³-hybridized carbons (Fsp3) is 0.300. The van der Waals surface area contributed by atoms with E-state index in [0.29, 0.717) is 18.0 Å². The van der Waals surface area contributed by atoms with Crippen molar-refractivity contribution in [2.24, 2.45) is 5.92 Å². The SMILES string of the molecule is CC(NCC1CNNC1c1ccc(Cl)cc1)c1ccccc1.O=C(O)C(=O)O. The van der Waals surface area contributed by atoms with E-state index in [1.165, 1.54) is 11.1 Å². The van der Waals surface area contributed by atoms with E-state index in [0.717, 1.165) is 18.1 Å². The van der Waals surface area contributed by atoms with Gasteiger partial charge in [0.1, 0.15) is 0 Å². The summed E-state index contributed by atoms with van der Waals surface area (Å²) in [4.78, 5) is 18.2. The summed E-state index contributed by atoms with van der Waals surface area (Å²) in [5, 5.41) is 19.2. The Morgan fingerprint density at radius 3 is 2.29 bits per heavy atom. The van der Waals surface area contributed by atoms with E-state index in [9.17, 15) is 0 Å². The summed E-state index contributed by atoms with van der Waals surface area (Å²) < 4.78 is 0. The molecule has 150 valence electrons. The average Bonchev–Trinajstić information content (AvgIpc) is 3.16. The molecule has 8 heteroatoms. The normalized spacial score (nSPS) is 19.4. The zero-order chi connectivity index (χ0) is 20.5. The van der Waals surface area contributed by atoms with Gasteiger partial charge in [0.05, 0.1) is 6.04 Å². The van der Waals surface area contributed by atoms with E-state index < -0.39 is 11.9 Å². The molecule has 3 rings (SSSR count). The highest BCUT2D eigenvalue weighted by Gasteiger charge is 2.28. The Labute approximate surface area is 168 Å². The van der Waals surface area contributed by atoms with Crippen molar-refractivity contribution < 1.29 is 19.8 Å². The summed E-state index contributed by atoms with van der Waals surface area (Å²) in [7, 11) is 0. The van der Waals surface area contributed by atoms with Crippen molar-refractivity contribution in [2.45, 2.75) is 19.0 Å². The van der Waals surface area contributed by atoms with Crippen LogP contribution >= 0.6 is 11.6 Å². The third-order valence-electron chi connectivity index (χ3n) is 4.49. The van der Waals surface area contributed by atoms with Crippen LogP contribution in [0.1, 0.15) is 30.1 Å². The molecule has 1 fully saturated rings. The van der Waals surface area contributed by atoms with Gasteiger partial charge >= 0.3 is 11.9 Å². The van der Waals surface area contributed by atoms with Crippen molar-refractivity contribution in [3.8, 4) is 0 Å². The molecule has 28 heavy (non-hydrogen) atoms. The van der Waals surface area contributed by atoms with E-state index in [-0.39, 0.29) is 0 Å². The van der Waals surface area contributed by atoms with Gasteiger partial charge in [-0.25, -0.2) is 15.0 Å². The smallest absolute Gasteiger partial charge is 0.414 e. The fourth-order valence-corrected chi connectivity index (χ4v) is 3.07. The van der Waals surface area contributed by atoms with Gasteiger partial charge in [-0.05, 0) is 30.2 Å². The van der Waals surface area contributed by atoms with E-state index in [1.807, 2.05) is 12.1 Å². The molecule has 0 radical (unpaired) electrons. The van der Waals surface area contributed by atoms with E-state index in [2.05, 4.69) is 65.6 Å². The summed E-state index contributed by atoms with van der Waals surface area (Å²) >= 11 is 5.98. The summed E-state index contributed by atoms with van der Waals surface area (Å²) in [6.07, 6.45) is 0. The summed E-state index contributed by atoms with van der Waals surface area (Å²) in [6.45, 7) is 4.13. The predicted octanol–water partition coefficient (Wildman–Crippen LogP) is 2.61. The third kappa shape index (κ3) is 6.61. The second-order valence-corrected chi connectivity index (χ2v) is 6.90. The highest BCUT2D eigenvalue weighted by molar-refractivity contribution is 6.30. The minimum Gasteiger partial charge on any atom is -0.473 e. The van der Waals surface area contributed by atoms with Crippen LogP contribution in [0.2, 0.25) is 5.02 Å². The fourth-order valence-electron chi connectivity index (χ4n) is 2.94. The Kier molecular flexibility index (Phi) is 8.41. The van der Waals surface area contributed by atoms with Crippen molar-refractivity contribution in [3.05, 3.63) is 70.7 Å². The first-order valence-corrected chi connectivity index (χ1v) is 9.24. The first kappa shape index (κ1) is 21.8. The van der Waals surface area contributed by atoms with Crippen LogP contribution in [0, 0.1) is 5.92 Å². The topological polar surface area (TPSA) is 111 Å². The van der Waals surface area contributed by atoms with Crippen molar-refractivity contribution in [1.29, 1.82) is 0 Å². The molecule has 7 nitrogen and oxygen atoms in total. The van der Waals surface area contributed by atoms with Gasteiger partial charge in [0, 0.05) is 30.1 Å². The lowest BCUT2D eigenvalue weighted by molar-refractivity contribution is -0.159. The maximum Gasteiger partial charge on any atom is 0.414 e. The first-order chi connectivity index (χ1) is 13.4. The standard InChI is InChI=1S/C18H22ClN3.C2H2O4/c1-13(14-5-3-2-4-6-14)20-11-16-12-21-22-18(16)15-7-9-17(19)10-8-15;3-1(4)2(5)6/h2-10,13,16,18,20-22H,11-12H2,1H3;(H,3,4)(H,5,6). The first-order valence-electron chi connectivity index (χ1n) is 8.87. The largest absolute Gasteiger partial charge is 0.473 e. The van der Waals surface area contributed by atoms with Crippen molar-refractivity contribution >= 4 is 23.5 Å². The molecule has 2 aromatic rings. The molecular formula is C20H24ClN3O4. The second-order valence-electron chi connectivity index (χ2n) is 6.47. The van der Waals surface area contributed by atoms with E-state index in [4.69, 9.17) is 31.4 Å². The zero-order valence-corrected chi connectivity index (χ0v) is 16.2. The third-order valence-corrected chi connectivity index (χ3v) is 4.74. The van der Waals surface area contributed by atoms with Crippen LogP contribution in [0.25, 0.3) is 0 Å². The number of carbonyl (C=O) groups is 2. The summed E-state index contributed by atoms with van der Waals surface area (Å²) in [5.74, 6) is -3.14. The lowest BCUT2D eigenvalue weighted by Crippen LogP contribution is -2.30. The van der Waals surface area contributed by atoms with Gasteiger partial charge in [0.15, 0.2) is 0 Å². The lowest BCUT2D eigenvalue weighted by Gasteiger charge is -2.22. The maximum absolute atomic E-state index is 9.10. The summed E-state index contributed by atoms with van der Waals surface area (Å²) in [5.41, 5.74) is 9.24. The molecular weight excluding hydrogens is 382 g/mol. The molecule has 0 spiro atoms. The number of halogens is 1. The van der Waals surface area contributed by atoms with E-state index in [1.54, 1.807) is 0 Å². The van der Waals surface area contributed by atoms with Gasteiger partial charge in [-0.15, -0.1) is 0 Å². The Bertz CT molecular complexity index is 759. The minimum absolute atomic E-state index is 0.313.